The molecule has 1 aliphatic carbocycles. The van der Waals surface area contributed by atoms with Gasteiger partial charge in [0, 0.05) is 29.4 Å². The second-order valence-electron chi connectivity index (χ2n) is 6.76. The summed E-state index contributed by atoms with van der Waals surface area (Å²) in [5.74, 6) is 0.634. The number of aliphatic carboxylic acids is 1. The van der Waals surface area contributed by atoms with Crippen LogP contribution in [0.4, 0.5) is 5.82 Å². The van der Waals surface area contributed by atoms with Crippen LogP contribution in [0.2, 0.25) is 0 Å². The minimum atomic E-state index is -0.740. The first-order valence-corrected chi connectivity index (χ1v) is 8.22. The molecule has 0 amide bonds. The van der Waals surface area contributed by atoms with Gasteiger partial charge in [0.1, 0.15) is 5.82 Å². The van der Waals surface area contributed by atoms with Crippen LogP contribution in [-0.2, 0) is 4.79 Å². The Morgan fingerprint density at radius 2 is 1.88 bits per heavy atom. The molecule has 1 aromatic carbocycles. The van der Waals surface area contributed by atoms with Gasteiger partial charge in [-0.15, -0.1) is 0 Å². The molecule has 25 heavy (non-hydrogen) atoms. The first-order valence-electron chi connectivity index (χ1n) is 8.22. The number of carboxylic acids is 1. The largest absolute Gasteiger partial charge is 0.481 e. The van der Waals surface area contributed by atoms with Gasteiger partial charge in [-0.2, -0.15) is 0 Å². The molecule has 0 bridgehead atoms. The number of nitrogens with one attached hydrogen (secondary N) is 1. The molecular formula is C19H18N4O2. The number of fused-ring (bicyclic) bond motifs is 1. The Kier molecular flexibility index (Phi) is 3.60. The van der Waals surface area contributed by atoms with Crippen molar-refractivity contribution in [1.82, 2.24) is 15.0 Å². The summed E-state index contributed by atoms with van der Waals surface area (Å²) in [5, 5.41) is 13.6. The van der Waals surface area contributed by atoms with Crippen molar-refractivity contribution >= 4 is 22.7 Å². The Hall–Kier alpha value is -3.02. The fourth-order valence-electron chi connectivity index (χ4n) is 3.31. The van der Waals surface area contributed by atoms with Crippen molar-refractivity contribution in [3.8, 4) is 11.4 Å². The number of carbonyl (C=O) groups is 1. The molecule has 6 heteroatoms. The summed E-state index contributed by atoms with van der Waals surface area (Å²) < 4.78 is 0. The van der Waals surface area contributed by atoms with E-state index in [1.54, 1.807) is 19.3 Å². The molecule has 3 aromatic rings. The molecule has 2 heterocycles. The van der Waals surface area contributed by atoms with Crippen LogP contribution in [0.5, 0.6) is 0 Å². The Morgan fingerprint density at radius 1 is 1.16 bits per heavy atom. The lowest BCUT2D eigenvalue weighted by Crippen LogP contribution is -2.48. The third kappa shape index (κ3) is 2.80. The van der Waals surface area contributed by atoms with Gasteiger partial charge in [0.15, 0.2) is 5.82 Å². The average molecular weight is 334 g/mol. The molecule has 126 valence electrons. The highest BCUT2D eigenvalue weighted by molar-refractivity contribution is 5.90. The van der Waals surface area contributed by atoms with E-state index in [9.17, 15) is 9.90 Å². The van der Waals surface area contributed by atoms with Crippen LogP contribution < -0.4 is 5.32 Å². The van der Waals surface area contributed by atoms with Crippen molar-refractivity contribution in [3.63, 3.8) is 0 Å². The van der Waals surface area contributed by atoms with Gasteiger partial charge in [0.05, 0.1) is 10.9 Å². The van der Waals surface area contributed by atoms with Crippen LogP contribution in [0.25, 0.3) is 22.3 Å². The van der Waals surface area contributed by atoms with E-state index in [1.165, 1.54) is 0 Å². The average Bonchev–Trinajstić information content (AvgIpc) is 2.60. The molecule has 0 atom stereocenters. The zero-order valence-electron chi connectivity index (χ0n) is 13.8. The number of carboxylic acid groups (broad SMARTS) is 1. The first kappa shape index (κ1) is 15.5. The summed E-state index contributed by atoms with van der Waals surface area (Å²) in [6.07, 6.45) is 4.60. The van der Waals surface area contributed by atoms with Crippen LogP contribution in [0.1, 0.15) is 19.8 Å². The summed E-state index contributed by atoms with van der Waals surface area (Å²) in [5.41, 5.74) is 1.11. The third-order valence-corrected chi connectivity index (χ3v) is 4.79. The molecule has 2 aromatic heterocycles. The number of anilines is 1. The monoisotopic (exact) mass is 334 g/mol. The zero-order valence-corrected chi connectivity index (χ0v) is 13.8. The van der Waals surface area contributed by atoms with Gasteiger partial charge in [0.2, 0.25) is 0 Å². The summed E-state index contributed by atoms with van der Waals surface area (Å²) >= 11 is 0. The molecule has 1 aliphatic rings. The number of hydrogen-bond donors (Lipinski definition) is 2. The standard InChI is InChI=1S/C19H18N4O2/c1-19(18(24)25)10-13(11-19)21-17-14-4-2-3-5-15(14)22-16(23-17)12-6-8-20-9-7-12/h2-9,13H,10-11H2,1H3,(H,24,25)(H,21,22,23). The predicted molar refractivity (Wildman–Crippen MR) is 95.2 cm³/mol. The number of hydrogen-bond acceptors (Lipinski definition) is 5. The molecular weight excluding hydrogens is 316 g/mol. The van der Waals surface area contributed by atoms with Crippen LogP contribution >= 0.6 is 0 Å². The van der Waals surface area contributed by atoms with E-state index in [-0.39, 0.29) is 6.04 Å². The predicted octanol–water partition coefficient (Wildman–Crippen LogP) is 3.36. The summed E-state index contributed by atoms with van der Waals surface area (Å²) in [4.78, 5) is 24.7. The second-order valence-corrected chi connectivity index (χ2v) is 6.76. The highest BCUT2D eigenvalue weighted by atomic mass is 16.4. The van der Waals surface area contributed by atoms with Gasteiger partial charge in [0.25, 0.3) is 0 Å². The molecule has 4 rings (SSSR count). The quantitative estimate of drug-likeness (QED) is 0.760. The molecule has 0 radical (unpaired) electrons. The van der Waals surface area contributed by atoms with Gasteiger partial charge in [-0.25, -0.2) is 9.97 Å². The topological polar surface area (TPSA) is 88.0 Å². The second kappa shape index (κ2) is 5.81. The van der Waals surface area contributed by atoms with E-state index in [4.69, 9.17) is 0 Å². The molecule has 1 fully saturated rings. The van der Waals surface area contributed by atoms with Crippen molar-refractivity contribution in [2.45, 2.75) is 25.8 Å². The van der Waals surface area contributed by atoms with Crippen molar-refractivity contribution in [1.29, 1.82) is 0 Å². The van der Waals surface area contributed by atoms with Gasteiger partial charge in [-0.1, -0.05) is 12.1 Å². The number of pyridine rings is 1. The Balaban J connectivity index is 1.69. The third-order valence-electron chi connectivity index (χ3n) is 4.79. The van der Waals surface area contributed by atoms with Gasteiger partial charge in [-0.3, -0.25) is 9.78 Å². The normalized spacial score (nSPS) is 22.4. The van der Waals surface area contributed by atoms with E-state index >= 15 is 0 Å². The molecule has 0 unspecified atom stereocenters. The van der Waals surface area contributed by atoms with Crippen LogP contribution in [0.15, 0.2) is 48.8 Å². The number of aromatic nitrogens is 3. The smallest absolute Gasteiger partial charge is 0.309 e. The molecule has 0 saturated heterocycles. The number of benzene rings is 1. The zero-order chi connectivity index (χ0) is 17.4. The number of nitrogens with zero attached hydrogens (tertiary/aromatic N) is 3. The van der Waals surface area contributed by atoms with E-state index < -0.39 is 11.4 Å². The minimum absolute atomic E-state index is 0.102. The Bertz CT molecular complexity index is 937. The maximum absolute atomic E-state index is 11.3. The minimum Gasteiger partial charge on any atom is -0.481 e. The molecule has 6 nitrogen and oxygen atoms in total. The molecule has 2 N–H and O–H groups in total. The van der Waals surface area contributed by atoms with Gasteiger partial charge < -0.3 is 10.4 Å². The lowest BCUT2D eigenvalue weighted by atomic mass is 9.67. The van der Waals surface area contributed by atoms with Crippen LogP contribution in [0, 0.1) is 5.41 Å². The maximum Gasteiger partial charge on any atom is 0.309 e. The summed E-state index contributed by atoms with van der Waals surface area (Å²) in [6, 6.07) is 11.7. The van der Waals surface area contributed by atoms with E-state index in [0.29, 0.717) is 18.7 Å². The number of para-hydroxylation sites is 1. The van der Waals surface area contributed by atoms with Crippen molar-refractivity contribution in [3.05, 3.63) is 48.8 Å². The van der Waals surface area contributed by atoms with Crippen LogP contribution in [0.3, 0.4) is 0 Å². The highest BCUT2D eigenvalue weighted by Gasteiger charge is 2.46. The van der Waals surface area contributed by atoms with E-state index in [1.807, 2.05) is 36.4 Å². The Morgan fingerprint density at radius 3 is 2.60 bits per heavy atom. The van der Waals surface area contributed by atoms with Crippen molar-refractivity contribution in [2.75, 3.05) is 5.32 Å². The first-order chi connectivity index (χ1) is 12.0. The molecule has 0 spiro atoms. The maximum atomic E-state index is 11.3. The fourth-order valence-corrected chi connectivity index (χ4v) is 3.31. The SMILES string of the molecule is CC1(C(=O)O)CC(Nc2nc(-c3ccncc3)nc3ccccc23)C1. The Labute approximate surface area is 145 Å². The fraction of sp³-hybridized carbons (Fsp3) is 0.263. The van der Waals surface area contributed by atoms with Crippen molar-refractivity contribution in [2.24, 2.45) is 5.41 Å². The van der Waals surface area contributed by atoms with Gasteiger partial charge in [-0.05, 0) is 44.0 Å². The molecule has 1 saturated carbocycles. The summed E-state index contributed by atoms with van der Waals surface area (Å²) in [6.45, 7) is 1.79. The molecule has 0 aliphatic heterocycles. The lowest BCUT2D eigenvalue weighted by Gasteiger charge is -2.42. The van der Waals surface area contributed by atoms with Crippen LogP contribution in [-0.4, -0.2) is 32.1 Å². The van der Waals surface area contributed by atoms with E-state index in [0.717, 1.165) is 22.3 Å². The number of rotatable bonds is 4. The van der Waals surface area contributed by atoms with Crippen molar-refractivity contribution < 1.29 is 9.90 Å². The van der Waals surface area contributed by atoms with Gasteiger partial charge >= 0.3 is 5.97 Å². The summed E-state index contributed by atoms with van der Waals surface area (Å²) in [7, 11) is 0. The lowest BCUT2D eigenvalue weighted by molar-refractivity contribution is -0.153. The highest BCUT2D eigenvalue weighted by Crippen LogP contribution is 2.42. The van der Waals surface area contributed by atoms with E-state index in [2.05, 4.69) is 20.3 Å².